The first-order valence-electron chi connectivity index (χ1n) is 11.6. The van der Waals surface area contributed by atoms with Gasteiger partial charge >= 0.3 is 0 Å². The fraction of sp³-hybridized carbons (Fsp3) is 0.385. The van der Waals surface area contributed by atoms with Crippen molar-refractivity contribution in [1.29, 1.82) is 0 Å². The van der Waals surface area contributed by atoms with Gasteiger partial charge in [0.05, 0.1) is 23.0 Å². The van der Waals surface area contributed by atoms with Crippen LogP contribution in [0.5, 0.6) is 5.75 Å². The summed E-state index contributed by atoms with van der Waals surface area (Å²) >= 11 is 0. The summed E-state index contributed by atoms with van der Waals surface area (Å²) in [4.78, 5) is 30.4. The van der Waals surface area contributed by atoms with Gasteiger partial charge in [-0.2, -0.15) is 0 Å². The second-order valence-corrected chi connectivity index (χ2v) is 8.83. The van der Waals surface area contributed by atoms with E-state index in [1.165, 1.54) is 17.3 Å². The van der Waals surface area contributed by atoms with Crippen LogP contribution < -0.4 is 20.0 Å². The monoisotopic (exact) mass is 482 g/mol. The molecule has 2 aliphatic rings. The molecule has 0 aliphatic carbocycles. The molecule has 0 spiro atoms. The zero-order valence-electron chi connectivity index (χ0n) is 20.3. The quantitative estimate of drug-likeness (QED) is 0.560. The minimum atomic E-state index is -0.487. The van der Waals surface area contributed by atoms with E-state index >= 15 is 4.39 Å². The molecular formula is C26H31FN4O4. The molecule has 2 aliphatic heterocycles. The lowest BCUT2D eigenvalue weighted by Crippen LogP contribution is -2.46. The smallest absolute Gasteiger partial charge is 0.200 e. The van der Waals surface area contributed by atoms with E-state index in [9.17, 15) is 9.59 Å². The van der Waals surface area contributed by atoms with Gasteiger partial charge in [0.25, 0.3) is 0 Å². The van der Waals surface area contributed by atoms with Crippen LogP contribution in [-0.4, -0.2) is 74.9 Å². The molecule has 0 saturated carbocycles. The maximum absolute atomic E-state index is 15.3. The van der Waals surface area contributed by atoms with E-state index in [1.807, 2.05) is 23.6 Å². The molecule has 0 radical (unpaired) electrons. The topological polar surface area (TPSA) is 78.2 Å². The molecule has 0 bridgehead atoms. The van der Waals surface area contributed by atoms with E-state index in [0.29, 0.717) is 49.5 Å². The number of halogens is 1. The van der Waals surface area contributed by atoms with Crippen LogP contribution in [0.2, 0.25) is 0 Å². The van der Waals surface area contributed by atoms with E-state index in [1.54, 1.807) is 6.20 Å². The third-order valence-electron chi connectivity index (χ3n) is 6.52. The Morgan fingerprint density at radius 1 is 1.09 bits per heavy atom. The molecule has 3 aromatic rings. The van der Waals surface area contributed by atoms with Crippen molar-refractivity contribution in [3.05, 3.63) is 63.7 Å². The number of aldehydes is 1. The van der Waals surface area contributed by atoms with E-state index in [0.717, 1.165) is 26.7 Å². The number of ether oxygens (including phenoxy) is 1. The zero-order chi connectivity index (χ0) is 25.1. The van der Waals surface area contributed by atoms with Crippen molar-refractivity contribution in [2.75, 3.05) is 63.8 Å². The van der Waals surface area contributed by atoms with Crippen LogP contribution in [0.3, 0.4) is 0 Å². The standard InChI is InChI=1S/C25H27FN4O3.CH4O/c1-27(2)19-5-3-17(4-6-19)14-28-7-9-29(10-8-28)23-21(26)13-20-22-25(23)33-12-11-30(22)15-18(16-31)24(20)32;1-2/h3-6,13,15-16H,7-12,14H2,1-2H3;2H,1H3. The number of aromatic nitrogens is 1. The highest BCUT2D eigenvalue weighted by molar-refractivity contribution is 5.94. The summed E-state index contributed by atoms with van der Waals surface area (Å²) in [5, 5.41) is 7.19. The average molecular weight is 483 g/mol. The van der Waals surface area contributed by atoms with Gasteiger partial charge in [-0.05, 0) is 23.8 Å². The highest BCUT2D eigenvalue weighted by Gasteiger charge is 2.28. The van der Waals surface area contributed by atoms with Gasteiger partial charge in [-0.25, -0.2) is 4.39 Å². The number of rotatable bonds is 5. The van der Waals surface area contributed by atoms with Gasteiger partial charge in [-0.3, -0.25) is 14.5 Å². The number of piperazine rings is 1. The second kappa shape index (κ2) is 10.5. The van der Waals surface area contributed by atoms with E-state index < -0.39 is 11.2 Å². The lowest BCUT2D eigenvalue weighted by molar-refractivity contribution is 0.112. The summed E-state index contributed by atoms with van der Waals surface area (Å²) in [5.41, 5.74) is 2.97. The Morgan fingerprint density at radius 2 is 1.77 bits per heavy atom. The predicted molar refractivity (Wildman–Crippen MR) is 135 cm³/mol. The van der Waals surface area contributed by atoms with Crippen LogP contribution in [-0.2, 0) is 13.1 Å². The first-order valence-corrected chi connectivity index (χ1v) is 11.6. The van der Waals surface area contributed by atoms with E-state index in [4.69, 9.17) is 9.84 Å². The molecule has 35 heavy (non-hydrogen) atoms. The first-order chi connectivity index (χ1) is 17.0. The number of pyridine rings is 1. The molecule has 1 N–H and O–H groups in total. The van der Waals surface area contributed by atoms with E-state index in [2.05, 4.69) is 34.1 Å². The number of anilines is 2. The van der Waals surface area contributed by atoms with Crippen molar-refractivity contribution in [2.45, 2.75) is 13.1 Å². The summed E-state index contributed by atoms with van der Waals surface area (Å²) in [6, 6.07) is 9.79. The molecule has 1 saturated heterocycles. The zero-order valence-corrected chi connectivity index (χ0v) is 20.3. The molecule has 5 rings (SSSR count). The highest BCUT2D eigenvalue weighted by Crippen LogP contribution is 2.40. The van der Waals surface area contributed by atoms with Crippen molar-refractivity contribution in [2.24, 2.45) is 0 Å². The summed E-state index contributed by atoms with van der Waals surface area (Å²) in [6.45, 7) is 4.63. The van der Waals surface area contributed by atoms with Gasteiger partial charge in [0.2, 0.25) is 0 Å². The average Bonchev–Trinajstić information content (AvgIpc) is 2.88. The predicted octanol–water partition coefficient (Wildman–Crippen LogP) is 2.34. The van der Waals surface area contributed by atoms with E-state index in [-0.39, 0.29) is 10.9 Å². The molecule has 3 heterocycles. The van der Waals surface area contributed by atoms with Crippen molar-refractivity contribution >= 4 is 28.6 Å². The number of nitrogens with zero attached hydrogens (tertiary/aromatic N) is 4. The lowest BCUT2D eigenvalue weighted by Gasteiger charge is -2.37. The van der Waals surface area contributed by atoms with Gasteiger partial charge in [0.15, 0.2) is 23.3 Å². The third kappa shape index (κ3) is 4.74. The third-order valence-corrected chi connectivity index (χ3v) is 6.52. The van der Waals surface area contributed by atoms with Crippen LogP contribution in [0.1, 0.15) is 15.9 Å². The molecule has 8 nitrogen and oxygen atoms in total. The molecule has 0 unspecified atom stereocenters. The number of benzene rings is 2. The minimum Gasteiger partial charge on any atom is -0.487 e. The van der Waals surface area contributed by atoms with Gasteiger partial charge in [-0.1, -0.05) is 12.1 Å². The molecule has 0 amide bonds. The fourth-order valence-corrected chi connectivity index (χ4v) is 4.74. The molecule has 9 heteroatoms. The van der Waals surface area contributed by atoms with Crippen LogP contribution in [0.4, 0.5) is 15.8 Å². The van der Waals surface area contributed by atoms with Crippen molar-refractivity contribution in [3.8, 4) is 5.75 Å². The maximum Gasteiger partial charge on any atom is 0.200 e. The van der Waals surface area contributed by atoms with Crippen LogP contribution in [0.25, 0.3) is 10.9 Å². The lowest BCUT2D eigenvalue weighted by atomic mass is 10.1. The maximum atomic E-state index is 15.3. The van der Waals surface area contributed by atoms with Gasteiger partial charge in [0.1, 0.15) is 12.3 Å². The first kappa shape index (κ1) is 24.7. The van der Waals surface area contributed by atoms with Crippen LogP contribution >= 0.6 is 0 Å². The summed E-state index contributed by atoms with van der Waals surface area (Å²) in [5.74, 6) is -0.0858. The van der Waals surface area contributed by atoms with Crippen molar-refractivity contribution < 1.29 is 19.0 Å². The Labute approximate surface area is 203 Å². The van der Waals surface area contributed by atoms with Gasteiger partial charge in [-0.15, -0.1) is 0 Å². The minimum absolute atomic E-state index is 0.0368. The fourth-order valence-electron chi connectivity index (χ4n) is 4.74. The Kier molecular flexibility index (Phi) is 7.37. The van der Waals surface area contributed by atoms with Crippen LogP contribution in [0, 0.1) is 5.82 Å². The Bertz CT molecular complexity index is 1270. The number of aliphatic hydroxyl groups is 1. The molecule has 2 aromatic carbocycles. The molecule has 1 fully saturated rings. The van der Waals surface area contributed by atoms with Crippen LogP contribution in [0.15, 0.2) is 41.3 Å². The van der Waals surface area contributed by atoms with Gasteiger partial charge < -0.3 is 24.2 Å². The number of hydrogen-bond donors (Lipinski definition) is 1. The summed E-state index contributed by atoms with van der Waals surface area (Å²) in [6.07, 6.45) is 2.07. The number of carbonyl (C=O) groups excluding carboxylic acids is 1. The summed E-state index contributed by atoms with van der Waals surface area (Å²) in [7, 11) is 5.05. The largest absolute Gasteiger partial charge is 0.487 e. The number of hydrogen-bond acceptors (Lipinski definition) is 7. The number of aliphatic hydroxyl groups excluding tert-OH is 1. The molecule has 186 valence electrons. The van der Waals surface area contributed by atoms with Gasteiger partial charge in [0, 0.05) is 65.8 Å². The normalized spacial score (nSPS) is 15.3. The molecule has 0 atom stereocenters. The Hall–Kier alpha value is -3.43. The van der Waals surface area contributed by atoms with Crippen molar-refractivity contribution in [3.63, 3.8) is 0 Å². The van der Waals surface area contributed by atoms with Crippen molar-refractivity contribution in [1.82, 2.24) is 9.47 Å². The Morgan fingerprint density at radius 3 is 2.40 bits per heavy atom. The SMILES string of the molecule is CN(C)c1ccc(CN2CCN(c3c(F)cc4c(=O)c(C=O)cn5c4c3OCC5)CC2)cc1.CO. The molecule has 1 aromatic heterocycles. The Balaban J connectivity index is 0.00000141. The molecular weight excluding hydrogens is 451 g/mol. The number of carbonyl (C=O) groups is 1. The highest BCUT2D eigenvalue weighted by atomic mass is 19.1. The second-order valence-electron chi connectivity index (χ2n) is 8.83. The summed E-state index contributed by atoms with van der Waals surface area (Å²) < 4.78 is 23.0.